The van der Waals surface area contributed by atoms with Crippen LogP contribution in [0.25, 0.3) is 0 Å². The van der Waals surface area contributed by atoms with E-state index in [1.54, 1.807) is 19.2 Å². The Bertz CT molecular complexity index is 516. The van der Waals surface area contributed by atoms with Crippen LogP contribution in [0.3, 0.4) is 0 Å². The van der Waals surface area contributed by atoms with Crippen molar-refractivity contribution >= 4 is 11.6 Å². The average molecular weight is 332 g/mol. The lowest BCUT2D eigenvalue weighted by atomic mass is 9.79. The van der Waals surface area contributed by atoms with Crippen molar-refractivity contribution < 1.29 is 13.5 Å². The molecule has 2 rings (SSSR count). The number of nitrogens with zero attached hydrogens (tertiary/aromatic N) is 1. The van der Waals surface area contributed by atoms with E-state index in [1.807, 2.05) is 14.1 Å². The first-order valence-electron chi connectivity index (χ1n) is 7.61. The molecule has 0 unspecified atom stereocenters. The first kappa shape index (κ1) is 17.6. The molecule has 0 amide bonds. The Morgan fingerprint density at radius 1 is 1.27 bits per heavy atom. The van der Waals surface area contributed by atoms with Gasteiger partial charge in [-0.3, -0.25) is 0 Å². The quantitative estimate of drug-likeness (QED) is 0.795. The Balaban J connectivity index is 2.28. The zero-order chi connectivity index (χ0) is 16.5. The molecule has 5 heteroatoms. The van der Waals surface area contributed by atoms with Crippen molar-refractivity contribution in [3.8, 4) is 0 Å². The average Bonchev–Trinajstić information content (AvgIpc) is 2.45. The molecule has 0 radical (unpaired) electrons. The van der Waals surface area contributed by atoms with Crippen LogP contribution in [0.5, 0.6) is 0 Å². The van der Waals surface area contributed by atoms with E-state index in [0.29, 0.717) is 5.02 Å². The van der Waals surface area contributed by atoms with E-state index in [1.165, 1.54) is 6.07 Å². The van der Waals surface area contributed by atoms with Crippen molar-refractivity contribution in [2.75, 3.05) is 21.2 Å². The predicted molar refractivity (Wildman–Crippen MR) is 85.9 cm³/mol. The molecule has 1 fully saturated rings. The van der Waals surface area contributed by atoms with Crippen molar-refractivity contribution in [3.63, 3.8) is 0 Å². The third-order valence-corrected chi connectivity index (χ3v) is 5.01. The molecule has 124 valence electrons. The first-order valence-corrected chi connectivity index (χ1v) is 7.98. The summed E-state index contributed by atoms with van der Waals surface area (Å²) in [7, 11) is 5.78. The second-order valence-corrected chi connectivity index (χ2v) is 6.85. The Morgan fingerprint density at radius 2 is 1.95 bits per heavy atom. The van der Waals surface area contributed by atoms with E-state index in [9.17, 15) is 8.78 Å². The van der Waals surface area contributed by atoms with E-state index in [0.717, 1.165) is 31.7 Å². The SMILES string of the molecule is CO[C@H]1CC[C@H](c2cc(C(C)(F)F)ccc2Cl)C[C@@H]1N(C)C. The van der Waals surface area contributed by atoms with Crippen LogP contribution in [0.4, 0.5) is 8.78 Å². The highest BCUT2D eigenvalue weighted by Gasteiger charge is 2.34. The zero-order valence-electron chi connectivity index (χ0n) is 13.6. The summed E-state index contributed by atoms with van der Waals surface area (Å²) >= 11 is 6.29. The van der Waals surface area contributed by atoms with Crippen LogP contribution in [0.15, 0.2) is 18.2 Å². The molecule has 1 saturated carbocycles. The largest absolute Gasteiger partial charge is 0.380 e. The summed E-state index contributed by atoms with van der Waals surface area (Å²) in [5.41, 5.74) is 0.865. The molecular formula is C17H24ClF2NO. The molecule has 0 saturated heterocycles. The highest BCUT2D eigenvalue weighted by molar-refractivity contribution is 6.31. The van der Waals surface area contributed by atoms with Crippen LogP contribution in [0.1, 0.15) is 43.2 Å². The lowest BCUT2D eigenvalue weighted by molar-refractivity contribution is 0.000616. The summed E-state index contributed by atoms with van der Waals surface area (Å²) in [6.07, 6.45) is 2.86. The number of hydrogen-bond acceptors (Lipinski definition) is 2. The van der Waals surface area contributed by atoms with Crippen LogP contribution in [0, 0.1) is 0 Å². The maximum absolute atomic E-state index is 13.6. The maximum Gasteiger partial charge on any atom is 0.270 e. The Morgan fingerprint density at radius 3 is 2.50 bits per heavy atom. The number of rotatable bonds is 4. The number of ether oxygens (including phenoxy) is 1. The molecule has 1 aromatic rings. The standard InChI is InChI=1S/C17H24ClF2NO/c1-17(19,20)12-6-7-14(18)13(10-12)11-5-8-16(22-4)15(9-11)21(2)3/h6-7,10-11,15-16H,5,8-9H2,1-4H3/t11-,15-,16-/m0/s1. The second-order valence-electron chi connectivity index (χ2n) is 6.44. The van der Waals surface area contributed by atoms with Gasteiger partial charge in [0.15, 0.2) is 0 Å². The molecule has 1 aliphatic carbocycles. The van der Waals surface area contributed by atoms with E-state index in [2.05, 4.69) is 4.90 Å². The minimum atomic E-state index is -2.84. The van der Waals surface area contributed by atoms with E-state index < -0.39 is 5.92 Å². The van der Waals surface area contributed by atoms with Crippen molar-refractivity contribution in [1.29, 1.82) is 0 Å². The summed E-state index contributed by atoms with van der Waals surface area (Å²) in [5, 5.41) is 0.575. The topological polar surface area (TPSA) is 12.5 Å². The summed E-state index contributed by atoms with van der Waals surface area (Å²) in [6.45, 7) is 0.921. The molecule has 1 aliphatic rings. The number of hydrogen-bond donors (Lipinski definition) is 0. The van der Waals surface area contributed by atoms with Gasteiger partial charge in [0.25, 0.3) is 5.92 Å². The van der Waals surface area contributed by atoms with Crippen LogP contribution < -0.4 is 0 Å². The van der Waals surface area contributed by atoms with Crippen molar-refractivity contribution in [1.82, 2.24) is 4.90 Å². The lowest BCUT2D eigenvalue weighted by Crippen LogP contribution is -2.44. The fraction of sp³-hybridized carbons (Fsp3) is 0.647. The van der Waals surface area contributed by atoms with Crippen LogP contribution in [-0.2, 0) is 10.7 Å². The van der Waals surface area contributed by atoms with Crippen molar-refractivity contribution in [2.24, 2.45) is 0 Å². The maximum atomic E-state index is 13.6. The van der Waals surface area contributed by atoms with Gasteiger partial charge in [0, 0.05) is 30.7 Å². The fourth-order valence-corrected chi connectivity index (χ4v) is 3.62. The molecular weight excluding hydrogens is 308 g/mol. The molecule has 0 spiro atoms. The van der Waals surface area contributed by atoms with Gasteiger partial charge >= 0.3 is 0 Å². The summed E-state index contributed by atoms with van der Waals surface area (Å²) < 4.78 is 32.7. The lowest BCUT2D eigenvalue weighted by Gasteiger charge is -2.39. The third kappa shape index (κ3) is 3.79. The molecule has 1 aromatic carbocycles. The van der Waals surface area contributed by atoms with Gasteiger partial charge in [-0.05, 0) is 57.0 Å². The third-order valence-electron chi connectivity index (χ3n) is 4.66. The minimum absolute atomic E-state index is 0.0298. The molecule has 0 heterocycles. The predicted octanol–water partition coefficient (Wildman–Crippen LogP) is 4.66. The Labute approximate surface area is 136 Å². The smallest absolute Gasteiger partial charge is 0.270 e. The number of alkyl halides is 2. The van der Waals surface area contributed by atoms with Gasteiger partial charge in [-0.2, -0.15) is 0 Å². The van der Waals surface area contributed by atoms with Gasteiger partial charge in [-0.15, -0.1) is 0 Å². The summed E-state index contributed by atoms with van der Waals surface area (Å²) in [6, 6.07) is 4.85. The number of methoxy groups -OCH3 is 1. The van der Waals surface area contributed by atoms with Crippen LogP contribution in [-0.4, -0.2) is 38.3 Å². The van der Waals surface area contributed by atoms with E-state index >= 15 is 0 Å². The highest BCUT2D eigenvalue weighted by atomic mass is 35.5. The fourth-order valence-electron chi connectivity index (χ4n) is 3.35. The van der Waals surface area contributed by atoms with Gasteiger partial charge < -0.3 is 9.64 Å². The summed E-state index contributed by atoms with van der Waals surface area (Å²) in [5.74, 6) is -2.65. The van der Waals surface area contributed by atoms with Gasteiger partial charge in [0.05, 0.1) is 6.10 Å². The highest BCUT2D eigenvalue weighted by Crippen LogP contribution is 2.40. The molecule has 0 N–H and O–H groups in total. The van der Waals surface area contributed by atoms with Gasteiger partial charge in [0.1, 0.15) is 0 Å². The Hall–Kier alpha value is -0.710. The number of halogens is 3. The van der Waals surface area contributed by atoms with Crippen molar-refractivity contribution in [2.45, 2.75) is 50.2 Å². The Kier molecular flexibility index (Phi) is 5.46. The molecule has 0 aliphatic heterocycles. The molecule has 2 nitrogen and oxygen atoms in total. The van der Waals surface area contributed by atoms with E-state index in [4.69, 9.17) is 16.3 Å². The zero-order valence-corrected chi connectivity index (χ0v) is 14.3. The number of likely N-dealkylation sites (N-methyl/N-ethyl adjacent to an activating group) is 1. The molecule has 0 aromatic heterocycles. The van der Waals surface area contributed by atoms with Gasteiger partial charge in [-0.25, -0.2) is 8.78 Å². The monoisotopic (exact) mass is 331 g/mol. The molecule has 3 atom stereocenters. The molecule has 0 bridgehead atoms. The van der Waals surface area contributed by atoms with Crippen molar-refractivity contribution in [3.05, 3.63) is 34.3 Å². The van der Waals surface area contributed by atoms with Gasteiger partial charge in [0.2, 0.25) is 0 Å². The van der Waals surface area contributed by atoms with Crippen LogP contribution in [0.2, 0.25) is 5.02 Å². The first-order chi connectivity index (χ1) is 10.2. The second kappa shape index (κ2) is 6.81. The van der Waals surface area contributed by atoms with E-state index in [-0.39, 0.29) is 23.6 Å². The van der Waals surface area contributed by atoms with Gasteiger partial charge in [-0.1, -0.05) is 17.7 Å². The number of benzene rings is 1. The summed E-state index contributed by atoms with van der Waals surface area (Å²) in [4.78, 5) is 2.15. The molecule has 22 heavy (non-hydrogen) atoms. The normalized spacial score (nSPS) is 26.5. The van der Waals surface area contributed by atoms with Crippen LogP contribution >= 0.6 is 11.6 Å². The minimum Gasteiger partial charge on any atom is -0.380 e.